The van der Waals surface area contributed by atoms with E-state index in [0.29, 0.717) is 27.8 Å². The number of hydrogen-bond acceptors (Lipinski definition) is 5. The molecule has 1 N–H and O–H groups in total. The molecule has 0 fully saturated rings. The minimum Gasteiger partial charge on any atom is -0.321 e. The molecular formula is C23H13F3N4OS. The number of pyridine rings is 3. The molecule has 5 aromatic rings. The number of fused-ring (bicyclic) bond motifs is 2. The van der Waals surface area contributed by atoms with Gasteiger partial charge in [-0.2, -0.15) is 13.2 Å². The topological polar surface area (TPSA) is 67.8 Å². The summed E-state index contributed by atoms with van der Waals surface area (Å²) in [5.41, 5.74) is 1.74. The Balaban J connectivity index is 1.61. The van der Waals surface area contributed by atoms with E-state index in [2.05, 4.69) is 20.3 Å². The lowest BCUT2D eigenvalue weighted by atomic mass is 10.1. The number of rotatable bonds is 3. The molecule has 0 unspecified atom stereocenters. The molecule has 4 heterocycles. The number of anilines is 1. The Bertz CT molecular complexity index is 1470. The van der Waals surface area contributed by atoms with Gasteiger partial charge in [-0.1, -0.05) is 18.2 Å². The Morgan fingerprint density at radius 1 is 0.969 bits per heavy atom. The molecule has 0 aliphatic rings. The van der Waals surface area contributed by atoms with Crippen LogP contribution >= 0.6 is 11.3 Å². The summed E-state index contributed by atoms with van der Waals surface area (Å²) in [4.78, 5) is 25.9. The van der Waals surface area contributed by atoms with Crippen LogP contribution in [-0.2, 0) is 6.18 Å². The first-order chi connectivity index (χ1) is 15.4. The maximum absolute atomic E-state index is 13.2. The van der Waals surface area contributed by atoms with Crippen molar-refractivity contribution in [1.82, 2.24) is 15.0 Å². The summed E-state index contributed by atoms with van der Waals surface area (Å²) in [6, 6.07) is 13.5. The second-order valence-electron chi connectivity index (χ2n) is 6.98. The molecule has 9 heteroatoms. The van der Waals surface area contributed by atoms with E-state index in [9.17, 15) is 18.0 Å². The molecule has 0 spiro atoms. The quantitative estimate of drug-likeness (QED) is 0.357. The van der Waals surface area contributed by atoms with E-state index in [1.807, 2.05) is 18.2 Å². The second kappa shape index (κ2) is 7.69. The lowest BCUT2D eigenvalue weighted by Gasteiger charge is -2.08. The predicted molar refractivity (Wildman–Crippen MR) is 118 cm³/mol. The highest BCUT2D eigenvalue weighted by Gasteiger charge is 2.32. The first-order valence-electron chi connectivity index (χ1n) is 9.46. The number of carbonyl (C=O) groups is 1. The predicted octanol–water partition coefficient (Wildman–Crippen LogP) is 6.18. The molecule has 0 atom stereocenters. The summed E-state index contributed by atoms with van der Waals surface area (Å²) in [5.74, 6) is -0.448. The Labute approximate surface area is 183 Å². The van der Waals surface area contributed by atoms with Crippen molar-refractivity contribution in [2.24, 2.45) is 0 Å². The van der Waals surface area contributed by atoms with Crippen LogP contribution in [0, 0.1) is 0 Å². The van der Waals surface area contributed by atoms with Crippen LogP contribution in [0.4, 0.5) is 18.9 Å². The highest BCUT2D eigenvalue weighted by Crippen LogP contribution is 2.40. The molecule has 4 aromatic heterocycles. The van der Waals surface area contributed by atoms with Gasteiger partial charge in [-0.15, -0.1) is 11.3 Å². The van der Waals surface area contributed by atoms with Crippen LogP contribution in [0.3, 0.4) is 0 Å². The first kappa shape index (κ1) is 20.1. The van der Waals surface area contributed by atoms with Gasteiger partial charge in [0.2, 0.25) is 0 Å². The summed E-state index contributed by atoms with van der Waals surface area (Å²) >= 11 is 0.962. The normalized spacial score (nSPS) is 11.7. The maximum Gasteiger partial charge on any atom is 0.417 e. The lowest BCUT2D eigenvalue weighted by Crippen LogP contribution is -2.11. The maximum atomic E-state index is 13.2. The van der Waals surface area contributed by atoms with Crippen molar-refractivity contribution in [1.29, 1.82) is 0 Å². The van der Waals surface area contributed by atoms with E-state index < -0.39 is 17.6 Å². The lowest BCUT2D eigenvalue weighted by molar-refractivity contribution is -0.137. The Kier molecular flexibility index (Phi) is 4.82. The molecule has 158 valence electrons. The zero-order valence-corrected chi connectivity index (χ0v) is 17.0. The van der Waals surface area contributed by atoms with Crippen molar-refractivity contribution in [2.75, 3.05) is 5.32 Å². The molecule has 32 heavy (non-hydrogen) atoms. The van der Waals surface area contributed by atoms with Crippen LogP contribution in [0.25, 0.3) is 32.2 Å². The Morgan fingerprint density at radius 3 is 2.59 bits per heavy atom. The van der Waals surface area contributed by atoms with Gasteiger partial charge in [0.05, 0.1) is 21.3 Å². The SMILES string of the molecule is O=C(Nc1ccc2cccnc2c1)c1sc2cc(C(F)(F)F)cnc2c1-c1cccnc1. The van der Waals surface area contributed by atoms with E-state index in [1.54, 1.807) is 42.9 Å². The molecule has 1 amide bonds. The number of benzene rings is 1. The van der Waals surface area contributed by atoms with E-state index in [1.165, 1.54) is 0 Å². The average Bonchev–Trinajstić information content (AvgIpc) is 3.18. The van der Waals surface area contributed by atoms with E-state index in [-0.39, 0.29) is 9.58 Å². The van der Waals surface area contributed by atoms with Crippen molar-refractivity contribution in [3.63, 3.8) is 0 Å². The molecule has 0 saturated carbocycles. The van der Waals surface area contributed by atoms with E-state index in [4.69, 9.17) is 0 Å². The number of hydrogen-bond donors (Lipinski definition) is 1. The third-order valence-corrected chi connectivity index (χ3v) is 6.00. The Morgan fingerprint density at radius 2 is 1.81 bits per heavy atom. The van der Waals surface area contributed by atoms with Crippen LogP contribution < -0.4 is 5.32 Å². The molecule has 0 bridgehead atoms. The zero-order chi connectivity index (χ0) is 22.3. The van der Waals surface area contributed by atoms with Gasteiger partial charge in [0.1, 0.15) is 4.88 Å². The van der Waals surface area contributed by atoms with Gasteiger partial charge in [-0.05, 0) is 30.3 Å². The molecular weight excluding hydrogens is 437 g/mol. The van der Waals surface area contributed by atoms with Crippen LogP contribution in [-0.4, -0.2) is 20.9 Å². The van der Waals surface area contributed by atoms with Crippen molar-refractivity contribution in [2.45, 2.75) is 6.18 Å². The number of halogens is 3. The fourth-order valence-electron chi connectivity index (χ4n) is 3.40. The smallest absolute Gasteiger partial charge is 0.321 e. The van der Waals surface area contributed by atoms with Gasteiger partial charge in [0.15, 0.2) is 0 Å². The van der Waals surface area contributed by atoms with Gasteiger partial charge in [-0.25, -0.2) is 0 Å². The third-order valence-electron chi connectivity index (χ3n) is 4.88. The Hall–Kier alpha value is -3.85. The molecule has 0 radical (unpaired) electrons. The summed E-state index contributed by atoms with van der Waals surface area (Å²) < 4.78 is 39.8. The number of aromatic nitrogens is 3. The molecule has 0 saturated heterocycles. The van der Waals surface area contributed by atoms with Gasteiger partial charge in [0.25, 0.3) is 5.91 Å². The standard InChI is InChI=1S/C23H13F3N4OS/c24-23(25,26)15-9-18-20(29-12-15)19(14-4-1-7-27-11-14)21(32-18)22(31)30-16-6-5-13-3-2-8-28-17(13)10-16/h1-12H,(H,30,31). The molecule has 5 nitrogen and oxygen atoms in total. The average molecular weight is 450 g/mol. The van der Waals surface area contributed by atoms with Gasteiger partial charge in [0, 0.05) is 47.0 Å². The van der Waals surface area contributed by atoms with Gasteiger partial charge in [-0.3, -0.25) is 19.7 Å². The fraction of sp³-hybridized carbons (Fsp3) is 0.0435. The van der Waals surface area contributed by atoms with Crippen molar-refractivity contribution < 1.29 is 18.0 Å². The summed E-state index contributed by atoms with van der Waals surface area (Å²) in [6.45, 7) is 0. The third kappa shape index (κ3) is 3.67. The zero-order valence-electron chi connectivity index (χ0n) is 16.2. The van der Waals surface area contributed by atoms with Crippen molar-refractivity contribution in [3.05, 3.63) is 83.8 Å². The molecule has 0 aliphatic carbocycles. The number of nitrogens with zero attached hydrogens (tertiary/aromatic N) is 3. The van der Waals surface area contributed by atoms with Crippen LogP contribution in [0.5, 0.6) is 0 Å². The monoisotopic (exact) mass is 450 g/mol. The van der Waals surface area contributed by atoms with Crippen LogP contribution in [0.1, 0.15) is 15.2 Å². The van der Waals surface area contributed by atoms with Gasteiger partial charge >= 0.3 is 6.18 Å². The van der Waals surface area contributed by atoms with Crippen molar-refractivity contribution >= 4 is 44.1 Å². The second-order valence-corrected chi connectivity index (χ2v) is 8.03. The first-order valence-corrected chi connectivity index (χ1v) is 10.3. The minimum atomic E-state index is -4.53. The number of alkyl halides is 3. The number of nitrogens with one attached hydrogen (secondary N) is 1. The number of amides is 1. The van der Waals surface area contributed by atoms with Gasteiger partial charge < -0.3 is 5.32 Å². The van der Waals surface area contributed by atoms with E-state index >= 15 is 0 Å². The highest BCUT2D eigenvalue weighted by molar-refractivity contribution is 7.21. The number of thiophene rings is 1. The van der Waals surface area contributed by atoms with Crippen LogP contribution in [0.2, 0.25) is 0 Å². The van der Waals surface area contributed by atoms with Crippen molar-refractivity contribution in [3.8, 4) is 11.1 Å². The fourth-order valence-corrected chi connectivity index (χ4v) is 4.52. The summed E-state index contributed by atoms with van der Waals surface area (Å²) in [5, 5.41) is 3.75. The number of carbonyl (C=O) groups excluding carboxylic acids is 1. The molecule has 0 aliphatic heterocycles. The largest absolute Gasteiger partial charge is 0.417 e. The highest BCUT2D eigenvalue weighted by atomic mass is 32.1. The summed E-state index contributed by atoms with van der Waals surface area (Å²) in [6.07, 6.45) is 1.04. The molecule has 1 aromatic carbocycles. The van der Waals surface area contributed by atoms with E-state index in [0.717, 1.165) is 29.0 Å². The minimum absolute atomic E-state index is 0.251. The summed E-state index contributed by atoms with van der Waals surface area (Å²) in [7, 11) is 0. The molecule has 5 rings (SSSR count). The van der Waals surface area contributed by atoms with Crippen LogP contribution in [0.15, 0.2) is 73.3 Å².